The second-order valence-electron chi connectivity index (χ2n) is 9.56. The van der Waals surface area contributed by atoms with Crippen molar-refractivity contribution in [3.05, 3.63) is 46.7 Å². The Labute approximate surface area is 191 Å². The Morgan fingerprint density at radius 3 is 2.73 bits per heavy atom. The van der Waals surface area contributed by atoms with Crippen LogP contribution in [0.2, 0.25) is 0 Å². The van der Waals surface area contributed by atoms with Gasteiger partial charge in [0.1, 0.15) is 30.2 Å². The Kier molecular flexibility index (Phi) is 4.82. The average Bonchev–Trinajstić information content (AvgIpc) is 3.17. The van der Waals surface area contributed by atoms with Gasteiger partial charge in [-0.2, -0.15) is 0 Å². The third-order valence-corrected chi connectivity index (χ3v) is 8.03. The number of likely N-dealkylation sites (N-methyl/N-ethyl adjacent to an activating group) is 1. The van der Waals surface area contributed by atoms with Crippen LogP contribution in [0.25, 0.3) is 0 Å². The molecule has 0 saturated carbocycles. The van der Waals surface area contributed by atoms with Crippen molar-refractivity contribution in [2.24, 2.45) is 0 Å². The third-order valence-electron chi connectivity index (χ3n) is 8.03. The number of aliphatic hydroxyl groups excluding tert-OH is 4. The first-order valence-corrected chi connectivity index (χ1v) is 11.4. The smallest absolute Gasteiger partial charge is 0.229 e. The molecule has 9 nitrogen and oxygen atoms in total. The highest BCUT2D eigenvalue weighted by atomic mass is 16.7. The van der Waals surface area contributed by atoms with Crippen molar-refractivity contribution in [1.82, 2.24) is 4.90 Å². The molecule has 2 bridgehead atoms. The number of aliphatic hydroxyl groups is 4. The van der Waals surface area contributed by atoms with E-state index in [0.717, 1.165) is 30.7 Å². The van der Waals surface area contributed by atoms with Gasteiger partial charge >= 0.3 is 0 Å². The second kappa shape index (κ2) is 7.43. The van der Waals surface area contributed by atoms with Crippen molar-refractivity contribution in [3.63, 3.8) is 0 Å². The molecule has 0 amide bonds. The normalized spacial score (nSPS) is 41.0. The van der Waals surface area contributed by atoms with Crippen LogP contribution in [0.3, 0.4) is 0 Å². The molecule has 3 aliphatic heterocycles. The van der Waals surface area contributed by atoms with Gasteiger partial charge in [-0.3, -0.25) is 4.90 Å². The van der Waals surface area contributed by atoms with E-state index in [1.165, 1.54) is 11.1 Å². The van der Waals surface area contributed by atoms with Gasteiger partial charge in [0.05, 0.1) is 19.1 Å². The predicted molar refractivity (Wildman–Crippen MR) is 115 cm³/mol. The van der Waals surface area contributed by atoms with E-state index in [-0.39, 0.29) is 17.6 Å². The first kappa shape index (κ1) is 21.4. The molecule has 0 radical (unpaired) electrons. The predicted octanol–water partition coefficient (Wildman–Crippen LogP) is -0.405. The van der Waals surface area contributed by atoms with Crippen molar-refractivity contribution >= 4 is 0 Å². The number of rotatable bonds is 4. The van der Waals surface area contributed by atoms with Crippen LogP contribution in [0.4, 0.5) is 0 Å². The fraction of sp³-hybridized carbons (Fsp3) is 0.583. The average molecular weight is 459 g/mol. The van der Waals surface area contributed by atoms with Gasteiger partial charge in [0.25, 0.3) is 0 Å². The van der Waals surface area contributed by atoms with Crippen LogP contribution in [0.1, 0.15) is 17.5 Å². The summed E-state index contributed by atoms with van der Waals surface area (Å²) in [7, 11) is 3.80. The Morgan fingerprint density at radius 1 is 1.15 bits per heavy atom. The van der Waals surface area contributed by atoms with Crippen molar-refractivity contribution < 1.29 is 39.4 Å². The molecule has 5 aliphatic rings. The Bertz CT molecular complexity index is 1040. The van der Waals surface area contributed by atoms with E-state index in [4.69, 9.17) is 18.9 Å². The number of allylic oxidation sites excluding steroid dienone is 2. The number of ether oxygens (including phenoxy) is 4. The fourth-order valence-corrected chi connectivity index (χ4v) is 6.32. The van der Waals surface area contributed by atoms with Gasteiger partial charge in [0.15, 0.2) is 17.6 Å². The van der Waals surface area contributed by atoms with Crippen LogP contribution in [0.5, 0.6) is 11.5 Å². The van der Waals surface area contributed by atoms with Gasteiger partial charge in [-0.25, -0.2) is 0 Å². The Hall–Kier alpha value is -2.14. The molecule has 2 saturated heterocycles. The largest absolute Gasteiger partial charge is 0.497 e. The van der Waals surface area contributed by atoms with Crippen molar-refractivity contribution in [2.45, 2.75) is 61.1 Å². The lowest BCUT2D eigenvalue weighted by Gasteiger charge is -2.52. The van der Waals surface area contributed by atoms with E-state index in [1.54, 1.807) is 13.2 Å². The lowest BCUT2D eigenvalue weighted by atomic mass is 9.57. The Morgan fingerprint density at radius 2 is 1.97 bits per heavy atom. The molecule has 3 heterocycles. The minimum atomic E-state index is -1.51. The highest BCUT2D eigenvalue weighted by molar-refractivity contribution is 5.67. The lowest BCUT2D eigenvalue weighted by Crippen LogP contribution is -2.60. The maximum Gasteiger partial charge on any atom is 0.229 e. The first-order valence-electron chi connectivity index (χ1n) is 11.4. The molecule has 9 heteroatoms. The number of benzene rings is 1. The molecule has 1 aromatic carbocycles. The summed E-state index contributed by atoms with van der Waals surface area (Å²) >= 11 is 0. The molecular weight excluding hydrogens is 430 g/mol. The third kappa shape index (κ3) is 2.75. The minimum absolute atomic E-state index is 0.287. The van der Waals surface area contributed by atoms with Gasteiger partial charge in [-0.05, 0) is 49.7 Å². The van der Waals surface area contributed by atoms with E-state index in [9.17, 15) is 20.4 Å². The summed E-state index contributed by atoms with van der Waals surface area (Å²) < 4.78 is 23.9. The molecule has 4 unspecified atom stereocenters. The molecule has 178 valence electrons. The van der Waals surface area contributed by atoms with Crippen LogP contribution < -0.4 is 9.47 Å². The summed E-state index contributed by atoms with van der Waals surface area (Å²) in [6.45, 7) is 0.407. The van der Waals surface area contributed by atoms with E-state index in [0.29, 0.717) is 11.5 Å². The van der Waals surface area contributed by atoms with Crippen LogP contribution in [0, 0.1) is 0 Å². The first-order chi connectivity index (χ1) is 15.9. The molecule has 6 rings (SSSR count). The monoisotopic (exact) mass is 459 g/mol. The second-order valence-corrected chi connectivity index (χ2v) is 9.56. The highest BCUT2D eigenvalue weighted by Crippen LogP contribution is 2.62. The van der Waals surface area contributed by atoms with Gasteiger partial charge in [-0.15, -0.1) is 0 Å². The molecular formula is C24H29NO8. The molecule has 2 aliphatic carbocycles. The fourth-order valence-electron chi connectivity index (χ4n) is 6.32. The summed E-state index contributed by atoms with van der Waals surface area (Å²) in [5.41, 5.74) is 3.26. The molecule has 0 aromatic heterocycles. The van der Waals surface area contributed by atoms with Gasteiger partial charge in [-0.1, -0.05) is 12.1 Å². The standard InChI is InChI=1S/C24H29NO8/c1-25-8-7-24-12-4-6-15(30-2)22(24)33-21-14(5-3-11(17(21)24)9-13(12)25)31-23-20(29)19(28)18(27)16(10-26)32-23/h3-6,13,16,18-20,22-23,26-29H,7-10H2,1-2H3/t13?,16?,18-,19?,20+,22+,23?,24+/m1/s1. The molecule has 8 atom stereocenters. The zero-order valence-electron chi connectivity index (χ0n) is 18.5. The van der Waals surface area contributed by atoms with Crippen molar-refractivity contribution in [3.8, 4) is 11.5 Å². The van der Waals surface area contributed by atoms with Gasteiger partial charge in [0, 0.05) is 11.6 Å². The van der Waals surface area contributed by atoms with E-state index in [1.807, 2.05) is 12.1 Å². The molecule has 1 aromatic rings. The SMILES string of the molecule is COC1=CC=C2C3Cc4ccc(OC5OC(CO)[C@@H](O)C(O)[C@@H]5O)c5c4[C@@]2(CCN3C)[C@H]1O5. The number of hydrogen-bond donors (Lipinski definition) is 4. The van der Waals surface area contributed by atoms with Gasteiger partial charge < -0.3 is 39.4 Å². The van der Waals surface area contributed by atoms with E-state index in [2.05, 4.69) is 18.0 Å². The number of hydrogen-bond acceptors (Lipinski definition) is 9. The minimum Gasteiger partial charge on any atom is -0.497 e. The summed E-state index contributed by atoms with van der Waals surface area (Å²) in [5.74, 6) is 1.73. The zero-order chi connectivity index (χ0) is 23.1. The number of piperidine rings is 1. The highest BCUT2D eigenvalue weighted by Gasteiger charge is 2.62. The van der Waals surface area contributed by atoms with E-state index < -0.39 is 37.3 Å². The molecule has 33 heavy (non-hydrogen) atoms. The van der Waals surface area contributed by atoms with Gasteiger partial charge in [0.2, 0.25) is 6.29 Å². The molecule has 4 N–H and O–H groups in total. The maximum atomic E-state index is 10.5. The zero-order valence-corrected chi connectivity index (χ0v) is 18.5. The van der Waals surface area contributed by atoms with Crippen LogP contribution in [-0.2, 0) is 21.3 Å². The van der Waals surface area contributed by atoms with E-state index >= 15 is 0 Å². The summed E-state index contributed by atoms with van der Waals surface area (Å²) in [6, 6.07) is 4.11. The number of nitrogens with zero attached hydrogens (tertiary/aromatic N) is 1. The topological polar surface area (TPSA) is 121 Å². The van der Waals surface area contributed by atoms with Crippen LogP contribution in [-0.4, -0.2) is 95.5 Å². The quantitative estimate of drug-likeness (QED) is 0.476. The Balaban J connectivity index is 1.43. The lowest BCUT2D eigenvalue weighted by molar-refractivity contribution is -0.277. The summed E-state index contributed by atoms with van der Waals surface area (Å²) in [5, 5.41) is 40.2. The molecule has 2 fully saturated rings. The van der Waals surface area contributed by atoms with Crippen LogP contribution in [0.15, 0.2) is 35.6 Å². The molecule has 1 spiro atoms. The maximum absolute atomic E-state index is 10.5. The summed E-state index contributed by atoms with van der Waals surface area (Å²) in [4.78, 5) is 2.39. The van der Waals surface area contributed by atoms with Crippen LogP contribution >= 0.6 is 0 Å². The number of likely N-dealkylation sites (tertiary alicyclic amines) is 1. The summed E-state index contributed by atoms with van der Waals surface area (Å²) in [6.07, 6.45) is -1.20. The number of methoxy groups -OCH3 is 1. The van der Waals surface area contributed by atoms with Crippen molar-refractivity contribution in [2.75, 3.05) is 27.3 Å². The van der Waals surface area contributed by atoms with Crippen molar-refractivity contribution in [1.29, 1.82) is 0 Å².